The smallest absolute Gasteiger partial charge is 0.270 e. The van der Waals surface area contributed by atoms with E-state index in [-0.39, 0.29) is 23.7 Å². The summed E-state index contributed by atoms with van der Waals surface area (Å²) in [6, 6.07) is 9.20. The number of nitro groups is 1. The maximum absolute atomic E-state index is 12.0. The number of non-ortho nitro benzene ring substituents is 1. The number of nitrogens with one attached hydrogen (secondary N) is 2. The third kappa shape index (κ3) is 5.03. The number of benzene rings is 1. The molecule has 2 heterocycles. The van der Waals surface area contributed by atoms with Crippen molar-refractivity contribution in [1.29, 1.82) is 0 Å². The first kappa shape index (κ1) is 19.3. The molecule has 0 radical (unpaired) electrons. The summed E-state index contributed by atoms with van der Waals surface area (Å²) in [5.41, 5.74) is 0.812. The standard InChI is InChI=1S/C19H21N5O4/c25-18(13-22-19(26)15-4-3-5-16(10-15)24(27)28)21-12-14-6-7-17(20-11-14)23-8-1-2-9-23/h3-7,10-11H,1-2,8-9,12-13H2,(H,21,25)(H,22,26). The third-order valence-electron chi connectivity index (χ3n) is 4.46. The highest BCUT2D eigenvalue weighted by molar-refractivity contribution is 5.96. The fraction of sp³-hybridized carbons (Fsp3) is 0.316. The van der Waals surface area contributed by atoms with Gasteiger partial charge in [-0.05, 0) is 30.5 Å². The lowest BCUT2D eigenvalue weighted by molar-refractivity contribution is -0.384. The number of carbonyl (C=O) groups is 2. The summed E-state index contributed by atoms with van der Waals surface area (Å²) in [6.07, 6.45) is 4.10. The van der Waals surface area contributed by atoms with Crippen molar-refractivity contribution in [3.8, 4) is 0 Å². The number of nitrogens with zero attached hydrogens (tertiary/aromatic N) is 3. The van der Waals surface area contributed by atoms with Crippen molar-refractivity contribution in [2.24, 2.45) is 0 Å². The van der Waals surface area contributed by atoms with Gasteiger partial charge in [-0.2, -0.15) is 0 Å². The zero-order valence-corrected chi connectivity index (χ0v) is 15.3. The second-order valence-electron chi connectivity index (χ2n) is 6.49. The number of carbonyl (C=O) groups excluding carboxylic acids is 2. The molecule has 28 heavy (non-hydrogen) atoms. The second-order valence-corrected chi connectivity index (χ2v) is 6.49. The van der Waals surface area contributed by atoms with Crippen molar-refractivity contribution in [3.05, 3.63) is 63.8 Å². The van der Waals surface area contributed by atoms with E-state index in [1.807, 2.05) is 12.1 Å². The van der Waals surface area contributed by atoms with Crippen LogP contribution < -0.4 is 15.5 Å². The molecular formula is C19H21N5O4. The molecule has 0 atom stereocenters. The Hall–Kier alpha value is -3.49. The van der Waals surface area contributed by atoms with Crippen molar-refractivity contribution in [2.45, 2.75) is 19.4 Å². The number of amides is 2. The Kier molecular flexibility index (Phi) is 6.15. The molecule has 0 bridgehead atoms. The number of pyridine rings is 1. The molecule has 1 aliphatic rings. The zero-order valence-electron chi connectivity index (χ0n) is 15.3. The number of hydrogen-bond acceptors (Lipinski definition) is 6. The quantitative estimate of drug-likeness (QED) is 0.554. The summed E-state index contributed by atoms with van der Waals surface area (Å²) < 4.78 is 0. The molecule has 0 spiro atoms. The monoisotopic (exact) mass is 383 g/mol. The molecule has 2 amide bonds. The molecule has 1 saturated heterocycles. The minimum absolute atomic E-state index is 0.128. The van der Waals surface area contributed by atoms with E-state index in [9.17, 15) is 19.7 Å². The molecule has 0 unspecified atom stereocenters. The van der Waals surface area contributed by atoms with Crippen LogP contribution in [-0.4, -0.2) is 41.4 Å². The molecule has 2 aromatic rings. The molecule has 1 aromatic carbocycles. The molecule has 9 nitrogen and oxygen atoms in total. The van der Waals surface area contributed by atoms with Crippen LogP contribution in [0.25, 0.3) is 0 Å². The SMILES string of the molecule is O=C(CNC(=O)c1cccc([N+](=O)[O-])c1)NCc1ccc(N2CCCC2)nc1. The lowest BCUT2D eigenvalue weighted by Crippen LogP contribution is -2.36. The van der Waals surface area contributed by atoms with E-state index in [0.29, 0.717) is 6.54 Å². The van der Waals surface area contributed by atoms with Gasteiger partial charge in [0.05, 0.1) is 11.5 Å². The van der Waals surface area contributed by atoms with Gasteiger partial charge in [0.1, 0.15) is 5.82 Å². The van der Waals surface area contributed by atoms with Gasteiger partial charge in [0.2, 0.25) is 5.91 Å². The Labute approximate surface area is 161 Å². The molecule has 3 rings (SSSR count). The minimum Gasteiger partial charge on any atom is -0.357 e. The van der Waals surface area contributed by atoms with Crippen LogP contribution in [0.4, 0.5) is 11.5 Å². The van der Waals surface area contributed by atoms with Crippen LogP contribution >= 0.6 is 0 Å². The number of anilines is 1. The number of aromatic nitrogens is 1. The number of nitro benzene ring substituents is 1. The summed E-state index contributed by atoms with van der Waals surface area (Å²) in [6.45, 7) is 2.13. The Bertz CT molecular complexity index is 863. The van der Waals surface area contributed by atoms with Crippen LogP contribution in [-0.2, 0) is 11.3 Å². The van der Waals surface area contributed by atoms with E-state index >= 15 is 0 Å². The molecule has 1 aromatic heterocycles. The zero-order chi connectivity index (χ0) is 19.9. The molecule has 0 saturated carbocycles. The van der Waals surface area contributed by atoms with Crippen molar-refractivity contribution >= 4 is 23.3 Å². The van der Waals surface area contributed by atoms with E-state index < -0.39 is 10.8 Å². The maximum atomic E-state index is 12.0. The normalized spacial score (nSPS) is 13.2. The van der Waals surface area contributed by atoms with E-state index in [0.717, 1.165) is 24.5 Å². The average molecular weight is 383 g/mol. The van der Waals surface area contributed by atoms with Crippen molar-refractivity contribution in [2.75, 3.05) is 24.5 Å². The van der Waals surface area contributed by atoms with Gasteiger partial charge >= 0.3 is 0 Å². The first-order valence-electron chi connectivity index (χ1n) is 9.02. The summed E-state index contributed by atoms with van der Waals surface area (Å²) in [7, 11) is 0. The van der Waals surface area contributed by atoms with Crippen molar-refractivity contribution in [3.63, 3.8) is 0 Å². The van der Waals surface area contributed by atoms with Gasteiger partial charge < -0.3 is 15.5 Å². The van der Waals surface area contributed by atoms with E-state index in [4.69, 9.17) is 0 Å². The number of hydrogen-bond donors (Lipinski definition) is 2. The van der Waals surface area contributed by atoms with Gasteiger partial charge in [0, 0.05) is 43.5 Å². The van der Waals surface area contributed by atoms with Gasteiger partial charge in [-0.3, -0.25) is 19.7 Å². The van der Waals surface area contributed by atoms with Crippen LogP contribution in [0, 0.1) is 10.1 Å². The molecule has 2 N–H and O–H groups in total. The van der Waals surface area contributed by atoms with Crippen LogP contribution in [0.3, 0.4) is 0 Å². The van der Waals surface area contributed by atoms with E-state index in [2.05, 4.69) is 20.5 Å². The Morgan fingerprint density at radius 2 is 1.93 bits per heavy atom. The van der Waals surface area contributed by atoms with Crippen molar-refractivity contribution < 1.29 is 14.5 Å². The summed E-state index contributed by atoms with van der Waals surface area (Å²) in [5, 5.41) is 15.9. The third-order valence-corrected chi connectivity index (χ3v) is 4.46. The Morgan fingerprint density at radius 3 is 2.61 bits per heavy atom. The summed E-state index contributed by atoms with van der Waals surface area (Å²) >= 11 is 0. The fourth-order valence-electron chi connectivity index (χ4n) is 2.94. The molecule has 0 aliphatic carbocycles. The summed E-state index contributed by atoms with van der Waals surface area (Å²) in [4.78, 5) is 40.8. The fourth-order valence-corrected chi connectivity index (χ4v) is 2.94. The lowest BCUT2D eigenvalue weighted by Gasteiger charge is -2.16. The lowest BCUT2D eigenvalue weighted by atomic mass is 10.2. The van der Waals surface area contributed by atoms with Crippen LogP contribution in [0.15, 0.2) is 42.6 Å². The van der Waals surface area contributed by atoms with Gasteiger partial charge in [-0.15, -0.1) is 0 Å². The second kappa shape index (κ2) is 8.94. The van der Waals surface area contributed by atoms with Crippen LogP contribution in [0.5, 0.6) is 0 Å². The first-order chi connectivity index (χ1) is 13.5. The Morgan fingerprint density at radius 1 is 1.14 bits per heavy atom. The predicted molar refractivity (Wildman–Crippen MR) is 103 cm³/mol. The average Bonchev–Trinajstić information content (AvgIpc) is 3.25. The van der Waals surface area contributed by atoms with Gasteiger partial charge in [-0.25, -0.2) is 4.98 Å². The van der Waals surface area contributed by atoms with Crippen LogP contribution in [0.2, 0.25) is 0 Å². The highest BCUT2D eigenvalue weighted by Crippen LogP contribution is 2.17. The van der Waals surface area contributed by atoms with Crippen molar-refractivity contribution in [1.82, 2.24) is 15.6 Å². The summed E-state index contributed by atoms with van der Waals surface area (Å²) in [5.74, 6) is 0.0367. The van der Waals surface area contributed by atoms with E-state index in [1.165, 1.54) is 37.1 Å². The largest absolute Gasteiger partial charge is 0.357 e. The van der Waals surface area contributed by atoms with Gasteiger partial charge in [0.15, 0.2) is 0 Å². The predicted octanol–water partition coefficient (Wildman–Crippen LogP) is 1.64. The first-order valence-corrected chi connectivity index (χ1v) is 9.02. The number of rotatable bonds is 7. The van der Waals surface area contributed by atoms with E-state index in [1.54, 1.807) is 6.20 Å². The van der Waals surface area contributed by atoms with Crippen LogP contribution in [0.1, 0.15) is 28.8 Å². The van der Waals surface area contributed by atoms with Gasteiger partial charge in [0.25, 0.3) is 11.6 Å². The molecule has 1 fully saturated rings. The molecular weight excluding hydrogens is 362 g/mol. The topological polar surface area (TPSA) is 117 Å². The van der Waals surface area contributed by atoms with Gasteiger partial charge in [-0.1, -0.05) is 12.1 Å². The molecule has 146 valence electrons. The molecule has 1 aliphatic heterocycles. The highest BCUT2D eigenvalue weighted by atomic mass is 16.6. The minimum atomic E-state index is -0.577. The highest BCUT2D eigenvalue weighted by Gasteiger charge is 2.14. The Balaban J connectivity index is 1.44. The maximum Gasteiger partial charge on any atom is 0.270 e. The molecule has 9 heteroatoms.